The molecule has 19 heavy (non-hydrogen) atoms. The highest BCUT2D eigenvalue weighted by Gasteiger charge is 2.00. The molecule has 1 aromatic heterocycles. The summed E-state index contributed by atoms with van der Waals surface area (Å²) in [5, 5.41) is 9.66. The monoisotopic (exact) mass is 398 g/mol. The summed E-state index contributed by atoms with van der Waals surface area (Å²) in [7, 11) is 1.77. The highest BCUT2D eigenvalue weighted by Crippen LogP contribution is 2.07. The van der Waals surface area contributed by atoms with E-state index in [0.717, 1.165) is 42.8 Å². The molecule has 0 bridgehead atoms. The number of nitrogens with one attached hydrogen (secondary N) is 2. The van der Waals surface area contributed by atoms with Gasteiger partial charge in [0.1, 0.15) is 0 Å². The number of halogens is 1. The van der Waals surface area contributed by atoms with Crippen LogP contribution in [0.25, 0.3) is 0 Å². The number of aryl methyl sites for hydroxylation is 1. The molecule has 0 amide bonds. The Balaban J connectivity index is 0.00000324. The number of ether oxygens (including phenoxy) is 1. The molecule has 0 saturated carbocycles. The van der Waals surface area contributed by atoms with Crippen LogP contribution in [0, 0.1) is 6.92 Å². The van der Waals surface area contributed by atoms with Crippen molar-refractivity contribution in [1.82, 2.24) is 15.6 Å². The zero-order chi connectivity index (χ0) is 13.2. The van der Waals surface area contributed by atoms with Crippen molar-refractivity contribution in [2.45, 2.75) is 20.3 Å². The Morgan fingerprint density at radius 3 is 2.74 bits per heavy atom. The Kier molecular flexibility index (Phi) is 11.2. The van der Waals surface area contributed by atoms with E-state index in [1.54, 1.807) is 18.4 Å². The fourth-order valence-electron chi connectivity index (χ4n) is 1.44. The van der Waals surface area contributed by atoms with Gasteiger partial charge in [0, 0.05) is 38.5 Å². The van der Waals surface area contributed by atoms with Crippen LogP contribution in [0.5, 0.6) is 0 Å². The van der Waals surface area contributed by atoms with Crippen LogP contribution in [0.15, 0.2) is 10.4 Å². The van der Waals surface area contributed by atoms with Gasteiger partial charge in [-0.05, 0) is 13.8 Å². The van der Waals surface area contributed by atoms with Gasteiger partial charge in [0.25, 0.3) is 0 Å². The van der Waals surface area contributed by atoms with E-state index >= 15 is 0 Å². The zero-order valence-corrected chi connectivity index (χ0v) is 14.9. The van der Waals surface area contributed by atoms with Gasteiger partial charge in [0.15, 0.2) is 5.96 Å². The van der Waals surface area contributed by atoms with Crippen LogP contribution in [-0.2, 0) is 11.2 Å². The number of hydrogen-bond donors (Lipinski definition) is 2. The van der Waals surface area contributed by atoms with Gasteiger partial charge < -0.3 is 15.4 Å². The van der Waals surface area contributed by atoms with Gasteiger partial charge in [0.2, 0.25) is 0 Å². The summed E-state index contributed by atoms with van der Waals surface area (Å²) in [4.78, 5) is 8.56. The first-order valence-electron chi connectivity index (χ1n) is 6.19. The number of guanidine groups is 1. The minimum absolute atomic E-state index is 0. The lowest BCUT2D eigenvalue weighted by Gasteiger charge is -2.11. The van der Waals surface area contributed by atoms with Crippen LogP contribution < -0.4 is 10.6 Å². The Morgan fingerprint density at radius 2 is 2.16 bits per heavy atom. The minimum Gasteiger partial charge on any atom is -0.380 e. The third-order valence-electron chi connectivity index (χ3n) is 2.31. The molecule has 1 aromatic rings. The van der Waals surface area contributed by atoms with Crippen molar-refractivity contribution >= 4 is 41.3 Å². The second kappa shape index (κ2) is 11.4. The number of rotatable bonds is 7. The molecule has 0 saturated heterocycles. The summed E-state index contributed by atoms with van der Waals surface area (Å²) in [6, 6.07) is 0. The number of aliphatic imine (C=N–C) groups is 1. The number of aromatic nitrogens is 1. The van der Waals surface area contributed by atoms with Crippen LogP contribution in [0.4, 0.5) is 0 Å². The molecule has 0 radical (unpaired) electrons. The minimum atomic E-state index is 0. The van der Waals surface area contributed by atoms with Gasteiger partial charge >= 0.3 is 0 Å². The number of nitrogens with zero attached hydrogens (tertiary/aromatic N) is 2. The van der Waals surface area contributed by atoms with E-state index in [1.807, 2.05) is 13.8 Å². The van der Waals surface area contributed by atoms with E-state index in [0.29, 0.717) is 6.61 Å². The van der Waals surface area contributed by atoms with Crippen molar-refractivity contribution in [2.24, 2.45) is 4.99 Å². The molecule has 1 rings (SSSR count). The summed E-state index contributed by atoms with van der Waals surface area (Å²) in [5.41, 5.74) is 1.13. The molecule has 7 heteroatoms. The maximum Gasteiger partial charge on any atom is 0.191 e. The van der Waals surface area contributed by atoms with E-state index < -0.39 is 0 Å². The molecular formula is C12H23IN4OS. The van der Waals surface area contributed by atoms with Crippen LogP contribution in [-0.4, -0.2) is 44.3 Å². The molecule has 2 N–H and O–H groups in total. The lowest BCUT2D eigenvalue weighted by atomic mass is 10.3. The van der Waals surface area contributed by atoms with Crippen molar-refractivity contribution in [3.8, 4) is 0 Å². The van der Waals surface area contributed by atoms with E-state index in [1.165, 1.54) is 0 Å². The third-order valence-corrected chi connectivity index (χ3v) is 3.13. The van der Waals surface area contributed by atoms with Gasteiger partial charge in [-0.15, -0.1) is 35.3 Å². The van der Waals surface area contributed by atoms with E-state index in [9.17, 15) is 0 Å². The van der Waals surface area contributed by atoms with Crippen LogP contribution in [0.1, 0.15) is 17.6 Å². The summed E-state index contributed by atoms with van der Waals surface area (Å²) < 4.78 is 5.25. The zero-order valence-electron chi connectivity index (χ0n) is 11.7. The third kappa shape index (κ3) is 8.38. The van der Waals surface area contributed by atoms with Crippen molar-refractivity contribution in [2.75, 3.05) is 33.4 Å². The first kappa shape index (κ1) is 18.6. The van der Waals surface area contributed by atoms with Gasteiger partial charge in [-0.3, -0.25) is 4.99 Å². The standard InChI is InChI=1S/C12H22N4OS.HI/c1-4-17-8-7-15-12(13-3)14-6-5-11-9-18-10(2)16-11;/h9H,4-8H2,1-3H3,(H2,13,14,15);1H. The highest BCUT2D eigenvalue weighted by molar-refractivity contribution is 14.0. The van der Waals surface area contributed by atoms with E-state index in [4.69, 9.17) is 4.74 Å². The van der Waals surface area contributed by atoms with Gasteiger partial charge in [-0.1, -0.05) is 0 Å². The first-order valence-corrected chi connectivity index (χ1v) is 7.07. The maximum absolute atomic E-state index is 5.25. The average molecular weight is 398 g/mol. The Hall–Kier alpha value is -0.410. The number of hydrogen-bond acceptors (Lipinski definition) is 4. The fourth-order valence-corrected chi connectivity index (χ4v) is 2.09. The van der Waals surface area contributed by atoms with Crippen LogP contribution in [0.3, 0.4) is 0 Å². The van der Waals surface area contributed by atoms with Gasteiger partial charge in [0.05, 0.1) is 17.3 Å². The Morgan fingerprint density at radius 1 is 1.42 bits per heavy atom. The summed E-state index contributed by atoms with van der Waals surface area (Å²) in [6.45, 7) is 7.05. The SMILES string of the molecule is CCOCCNC(=NC)NCCc1csc(C)n1.I. The molecular weight excluding hydrogens is 375 g/mol. The van der Waals surface area contributed by atoms with Crippen molar-refractivity contribution < 1.29 is 4.74 Å². The number of thiazole rings is 1. The quantitative estimate of drug-likeness (QED) is 0.319. The summed E-state index contributed by atoms with van der Waals surface area (Å²) in [5.74, 6) is 0.807. The van der Waals surface area contributed by atoms with E-state index in [2.05, 4.69) is 26.0 Å². The van der Waals surface area contributed by atoms with Gasteiger partial charge in [-0.25, -0.2) is 4.98 Å². The fraction of sp³-hybridized carbons (Fsp3) is 0.667. The summed E-state index contributed by atoms with van der Waals surface area (Å²) >= 11 is 1.69. The molecule has 1 heterocycles. The van der Waals surface area contributed by atoms with Crippen LogP contribution >= 0.6 is 35.3 Å². The normalized spacial score (nSPS) is 11.0. The maximum atomic E-state index is 5.25. The second-order valence-corrected chi connectivity index (χ2v) is 4.79. The first-order chi connectivity index (χ1) is 8.76. The van der Waals surface area contributed by atoms with E-state index in [-0.39, 0.29) is 24.0 Å². The van der Waals surface area contributed by atoms with Crippen molar-refractivity contribution in [3.05, 3.63) is 16.1 Å². The smallest absolute Gasteiger partial charge is 0.191 e. The largest absolute Gasteiger partial charge is 0.380 e. The lowest BCUT2D eigenvalue weighted by Crippen LogP contribution is -2.39. The van der Waals surface area contributed by atoms with Crippen molar-refractivity contribution in [3.63, 3.8) is 0 Å². The molecule has 0 aromatic carbocycles. The Labute approximate surface area is 136 Å². The molecule has 0 fully saturated rings. The lowest BCUT2D eigenvalue weighted by molar-refractivity contribution is 0.152. The Bertz CT molecular complexity index is 370. The molecule has 0 aliphatic heterocycles. The molecule has 110 valence electrons. The summed E-state index contributed by atoms with van der Waals surface area (Å²) in [6.07, 6.45) is 0.913. The molecule has 0 aliphatic carbocycles. The second-order valence-electron chi connectivity index (χ2n) is 3.73. The topological polar surface area (TPSA) is 58.5 Å². The molecule has 0 spiro atoms. The average Bonchev–Trinajstić information content (AvgIpc) is 2.78. The molecule has 0 unspecified atom stereocenters. The molecule has 5 nitrogen and oxygen atoms in total. The highest BCUT2D eigenvalue weighted by atomic mass is 127. The predicted octanol–water partition coefficient (Wildman–Crippen LogP) is 1.81. The van der Waals surface area contributed by atoms with Crippen LogP contribution in [0.2, 0.25) is 0 Å². The van der Waals surface area contributed by atoms with Crippen molar-refractivity contribution in [1.29, 1.82) is 0 Å². The van der Waals surface area contributed by atoms with Gasteiger partial charge in [-0.2, -0.15) is 0 Å². The molecule has 0 atom stereocenters. The molecule has 0 aliphatic rings. The predicted molar refractivity (Wildman–Crippen MR) is 91.8 cm³/mol.